The van der Waals surface area contributed by atoms with E-state index < -0.39 is 0 Å². The summed E-state index contributed by atoms with van der Waals surface area (Å²) in [5.74, 6) is 0.255. The molecule has 2 heteroatoms. The Labute approximate surface area is 115 Å². The van der Waals surface area contributed by atoms with Crippen LogP contribution in [0.5, 0.6) is 0 Å². The lowest BCUT2D eigenvalue weighted by molar-refractivity contribution is 0.281. The quantitative estimate of drug-likeness (QED) is 0.841. The van der Waals surface area contributed by atoms with Gasteiger partial charge in [0.1, 0.15) is 0 Å². The maximum atomic E-state index is 9.37. The molecule has 0 saturated heterocycles. The summed E-state index contributed by atoms with van der Waals surface area (Å²) in [4.78, 5) is 3.54. The SMILES string of the molecule is CCc1c(C)[nH]c(C(CCO)c2ccccc2)c1C. The molecule has 2 aromatic rings. The van der Waals surface area contributed by atoms with Gasteiger partial charge in [0, 0.05) is 23.9 Å². The van der Waals surface area contributed by atoms with Crippen molar-refractivity contribution < 1.29 is 5.11 Å². The van der Waals surface area contributed by atoms with Crippen molar-refractivity contribution in [3.8, 4) is 0 Å². The van der Waals surface area contributed by atoms with E-state index in [2.05, 4.69) is 50.0 Å². The molecule has 1 aromatic heterocycles. The third kappa shape index (κ3) is 2.74. The lowest BCUT2D eigenvalue weighted by atomic mass is 9.90. The van der Waals surface area contributed by atoms with Crippen molar-refractivity contribution >= 4 is 0 Å². The molecule has 1 aromatic carbocycles. The molecule has 0 saturated carbocycles. The zero-order chi connectivity index (χ0) is 13.8. The van der Waals surface area contributed by atoms with Crippen molar-refractivity contribution in [2.45, 2.75) is 39.5 Å². The predicted octanol–water partition coefficient (Wildman–Crippen LogP) is 3.71. The zero-order valence-corrected chi connectivity index (χ0v) is 12.0. The van der Waals surface area contributed by atoms with Gasteiger partial charge < -0.3 is 10.1 Å². The number of aliphatic hydroxyl groups excluding tert-OH is 1. The van der Waals surface area contributed by atoms with E-state index in [1.165, 1.54) is 28.1 Å². The molecule has 1 unspecified atom stereocenters. The monoisotopic (exact) mass is 257 g/mol. The highest BCUT2D eigenvalue weighted by Gasteiger charge is 2.20. The van der Waals surface area contributed by atoms with Gasteiger partial charge in [-0.15, -0.1) is 0 Å². The topological polar surface area (TPSA) is 36.0 Å². The van der Waals surface area contributed by atoms with Gasteiger partial charge in [0.2, 0.25) is 0 Å². The fourth-order valence-electron chi connectivity index (χ4n) is 2.99. The molecule has 0 spiro atoms. The van der Waals surface area contributed by atoms with Crippen LogP contribution in [-0.2, 0) is 6.42 Å². The lowest BCUT2D eigenvalue weighted by Crippen LogP contribution is -2.05. The number of rotatable bonds is 5. The van der Waals surface area contributed by atoms with E-state index in [1.807, 2.05) is 6.07 Å². The summed E-state index contributed by atoms with van der Waals surface area (Å²) in [6.07, 6.45) is 1.81. The molecule has 0 aliphatic heterocycles. The Morgan fingerprint density at radius 3 is 2.37 bits per heavy atom. The van der Waals surface area contributed by atoms with Gasteiger partial charge in [0.05, 0.1) is 0 Å². The van der Waals surface area contributed by atoms with Crippen LogP contribution in [0.1, 0.15) is 47.3 Å². The van der Waals surface area contributed by atoms with Gasteiger partial charge in [0.15, 0.2) is 0 Å². The second-order valence-corrected chi connectivity index (χ2v) is 5.10. The van der Waals surface area contributed by atoms with Crippen molar-refractivity contribution in [3.05, 3.63) is 58.4 Å². The highest BCUT2D eigenvalue weighted by atomic mass is 16.3. The molecular weight excluding hydrogens is 234 g/mol. The highest BCUT2D eigenvalue weighted by molar-refractivity contribution is 5.41. The van der Waals surface area contributed by atoms with E-state index >= 15 is 0 Å². The summed E-state index contributed by atoms with van der Waals surface area (Å²) in [6, 6.07) is 10.4. The van der Waals surface area contributed by atoms with Gasteiger partial charge in [-0.2, -0.15) is 0 Å². The Hall–Kier alpha value is -1.54. The van der Waals surface area contributed by atoms with Crippen molar-refractivity contribution in [2.24, 2.45) is 0 Å². The maximum Gasteiger partial charge on any atom is 0.0440 e. The third-order valence-electron chi connectivity index (χ3n) is 3.95. The Balaban J connectivity index is 2.45. The average Bonchev–Trinajstić information content (AvgIpc) is 2.71. The molecule has 0 aliphatic rings. The van der Waals surface area contributed by atoms with Crippen molar-refractivity contribution in [3.63, 3.8) is 0 Å². The summed E-state index contributed by atoms with van der Waals surface area (Å²) in [5, 5.41) is 9.37. The molecule has 0 radical (unpaired) electrons. The summed E-state index contributed by atoms with van der Waals surface area (Å²) in [7, 11) is 0. The van der Waals surface area contributed by atoms with Gasteiger partial charge in [-0.05, 0) is 43.4 Å². The smallest absolute Gasteiger partial charge is 0.0440 e. The predicted molar refractivity (Wildman–Crippen MR) is 79.6 cm³/mol. The van der Waals surface area contributed by atoms with E-state index in [-0.39, 0.29) is 12.5 Å². The fraction of sp³-hybridized carbons (Fsp3) is 0.412. The Kier molecular flexibility index (Phi) is 4.43. The average molecular weight is 257 g/mol. The van der Waals surface area contributed by atoms with Gasteiger partial charge in [-0.3, -0.25) is 0 Å². The zero-order valence-electron chi connectivity index (χ0n) is 12.0. The van der Waals surface area contributed by atoms with E-state index in [1.54, 1.807) is 0 Å². The molecule has 2 rings (SSSR count). The largest absolute Gasteiger partial charge is 0.396 e. The first-order chi connectivity index (χ1) is 9.19. The first-order valence-electron chi connectivity index (χ1n) is 7.02. The van der Waals surface area contributed by atoms with E-state index in [0.717, 1.165) is 12.8 Å². The highest BCUT2D eigenvalue weighted by Crippen LogP contribution is 2.32. The van der Waals surface area contributed by atoms with E-state index in [0.29, 0.717) is 0 Å². The number of H-pyrrole nitrogens is 1. The summed E-state index contributed by atoms with van der Waals surface area (Å²) in [6.45, 7) is 6.72. The van der Waals surface area contributed by atoms with Crippen LogP contribution in [0.3, 0.4) is 0 Å². The normalized spacial score (nSPS) is 12.6. The minimum atomic E-state index is 0.207. The Bertz CT molecular complexity index is 528. The second kappa shape index (κ2) is 6.07. The van der Waals surface area contributed by atoms with Crippen LogP contribution in [0.2, 0.25) is 0 Å². The summed E-state index contributed by atoms with van der Waals surface area (Å²) < 4.78 is 0. The van der Waals surface area contributed by atoms with Crippen LogP contribution in [0.15, 0.2) is 30.3 Å². The number of benzene rings is 1. The number of aliphatic hydroxyl groups is 1. The van der Waals surface area contributed by atoms with Crippen LogP contribution in [-0.4, -0.2) is 16.7 Å². The molecule has 0 fully saturated rings. The number of aromatic amines is 1. The number of aryl methyl sites for hydroxylation is 1. The van der Waals surface area contributed by atoms with Crippen molar-refractivity contribution in [1.29, 1.82) is 0 Å². The third-order valence-corrected chi connectivity index (χ3v) is 3.95. The first kappa shape index (κ1) is 13.9. The van der Waals surface area contributed by atoms with Crippen molar-refractivity contribution in [2.75, 3.05) is 6.61 Å². The molecular formula is C17H23NO. The van der Waals surface area contributed by atoms with E-state index in [9.17, 15) is 5.11 Å². The van der Waals surface area contributed by atoms with Crippen molar-refractivity contribution in [1.82, 2.24) is 4.98 Å². The molecule has 1 heterocycles. The van der Waals surface area contributed by atoms with Crippen LogP contribution in [0, 0.1) is 13.8 Å². The van der Waals surface area contributed by atoms with Crippen LogP contribution >= 0.6 is 0 Å². The Morgan fingerprint density at radius 1 is 1.16 bits per heavy atom. The molecule has 0 aliphatic carbocycles. The van der Waals surface area contributed by atoms with Crippen LogP contribution < -0.4 is 0 Å². The van der Waals surface area contributed by atoms with Crippen LogP contribution in [0.4, 0.5) is 0 Å². The van der Waals surface area contributed by atoms with Gasteiger partial charge in [-0.1, -0.05) is 37.3 Å². The minimum Gasteiger partial charge on any atom is -0.396 e. The number of aromatic nitrogens is 1. The molecule has 0 amide bonds. The van der Waals surface area contributed by atoms with E-state index in [4.69, 9.17) is 0 Å². The van der Waals surface area contributed by atoms with Gasteiger partial charge in [0.25, 0.3) is 0 Å². The minimum absolute atomic E-state index is 0.207. The molecule has 2 nitrogen and oxygen atoms in total. The molecule has 2 N–H and O–H groups in total. The van der Waals surface area contributed by atoms with Gasteiger partial charge in [-0.25, -0.2) is 0 Å². The molecule has 0 bridgehead atoms. The number of hydrogen-bond donors (Lipinski definition) is 2. The van der Waals surface area contributed by atoms with Crippen LogP contribution in [0.25, 0.3) is 0 Å². The summed E-state index contributed by atoms with van der Waals surface area (Å²) >= 11 is 0. The molecule has 102 valence electrons. The first-order valence-corrected chi connectivity index (χ1v) is 7.02. The molecule has 1 atom stereocenters. The second-order valence-electron chi connectivity index (χ2n) is 5.10. The standard InChI is InChI=1S/C17H23NO/c1-4-15-12(2)17(18-13(15)3)16(10-11-19)14-8-6-5-7-9-14/h5-9,16,18-19H,4,10-11H2,1-3H3. The fourth-order valence-corrected chi connectivity index (χ4v) is 2.99. The lowest BCUT2D eigenvalue weighted by Gasteiger charge is -2.16. The van der Waals surface area contributed by atoms with Gasteiger partial charge >= 0.3 is 0 Å². The number of hydrogen-bond acceptors (Lipinski definition) is 1. The number of nitrogens with one attached hydrogen (secondary N) is 1. The Morgan fingerprint density at radius 2 is 1.84 bits per heavy atom. The summed E-state index contributed by atoms with van der Waals surface area (Å²) in [5.41, 5.74) is 6.54. The molecule has 19 heavy (non-hydrogen) atoms. The maximum absolute atomic E-state index is 9.37.